The van der Waals surface area contributed by atoms with Gasteiger partial charge in [0.25, 0.3) is 0 Å². The van der Waals surface area contributed by atoms with E-state index >= 15 is 0 Å². The molecule has 0 bridgehead atoms. The van der Waals surface area contributed by atoms with Gasteiger partial charge in [-0.15, -0.1) is 0 Å². The van der Waals surface area contributed by atoms with Gasteiger partial charge in [0.2, 0.25) is 0 Å². The van der Waals surface area contributed by atoms with Crippen molar-refractivity contribution in [2.45, 2.75) is 58.3 Å². The summed E-state index contributed by atoms with van der Waals surface area (Å²) >= 11 is 0. The topological polar surface area (TPSA) is 47.6 Å². The molecule has 1 atom stereocenters. The molecule has 1 N–H and O–H groups in total. The van der Waals surface area contributed by atoms with E-state index in [9.17, 15) is 4.46 Å². The van der Waals surface area contributed by atoms with E-state index in [1.54, 1.807) is 0 Å². The molecule has 1 saturated heterocycles. The third-order valence-corrected chi connectivity index (χ3v) is 5.05. The summed E-state index contributed by atoms with van der Waals surface area (Å²) in [5, 5.41) is 0. The van der Waals surface area contributed by atoms with Crippen molar-refractivity contribution in [2.75, 3.05) is 0 Å². The molecule has 0 unspecified atom stereocenters. The van der Waals surface area contributed by atoms with Crippen molar-refractivity contribution >= 4 is 22.1 Å². The van der Waals surface area contributed by atoms with E-state index in [1.165, 1.54) is 0 Å². The summed E-state index contributed by atoms with van der Waals surface area (Å²) in [4.78, 5) is 3.05. The molecule has 1 aliphatic heterocycles. The third kappa shape index (κ3) is 3.28. The van der Waals surface area contributed by atoms with Crippen molar-refractivity contribution in [2.24, 2.45) is 0 Å². The fourth-order valence-electron chi connectivity index (χ4n) is 2.43. The quantitative estimate of drug-likeness (QED) is 0.842. The van der Waals surface area contributed by atoms with Gasteiger partial charge in [0.15, 0.2) is 0 Å². The van der Waals surface area contributed by atoms with Crippen LogP contribution in [0.15, 0.2) is 24.3 Å². The lowest BCUT2D eigenvalue weighted by molar-refractivity contribution is 0.00578. The Hall–Kier alpha value is -0.978. The van der Waals surface area contributed by atoms with Crippen LogP contribution in [0.25, 0.3) is 0 Å². The maximum Gasteiger partial charge on any atom is 0.494 e. The van der Waals surface area contributed by atoms with E-state index in [0.29, 0.717) is 0 Å². The summed E-state index contributed by atoms with van der Waals surface area (Å²) in [5.74, 6) is 0. The van der Waals surface area contributed by atoms with E-state index in [2.05, 4.69) is 18.0 Å². The largest absolute Gasteiger partial charge is 0.494 e. The van der Waals surface area contributed by atoms with Crippen LogP contribution in [0.1, 0.15) is 52.6 Å². The normalized spacial score (nSPS) is 21.1. The highest BCUT2D eigenvalue weighted by Crippen LogP contribution is 2.36. The van der Waals surface area contributed by atoms with E-state index in [0.717, 1.165) is 17.4 Å². The van der Waals surface area contributed by atoms with E-state index in [1.807, 2.05) is 45.9 Å². The Morgan fingerprint density at radius 2 is 1.86 bits per heavy atom. The van der Waals surface area contributed by atoms with Gasteiger partial charge in [-0.1, -0.05) is 31.2 Å². The summed E-state index contributed by atoms with van der Waals surface area (Å²) < 4.78 is 23.1. The fourth-order valence-corrected chi connectivity index (χ4v) is 3.03. The molecule has 2 rings (SSSR count). The Kier molecular flexibility index (Phi) is 4.70. The summed E-state index contributed by atoms with van der Waals surface area (Å²) in [6, 6.07) is 8.26. The van der Waals surface area contributed by atoms with Gasteiger partial charge in [0.05, 0.1) is 11.2 Å². The molecule has 0 spiro atoms. The molecule has 1 aromatic carbocycles. The molecular weight excluding hydrogens is 281 g/mol. The van der Waals surface area contributed by atoms with Crippen LogP contribution >= 0.6 is 0 Å². The van der Waals surface area contributed by atoms with Crippen LogP contribution in [0.5, 0.6) is 0 Å². The van der Waals surface area contributed by atoms with Gasteiger partial charge in [0, 0.05) is 6.04 Å². The van der Waals surface area contributed by atoms with Crippen molar-refractivity contribution in [3.8, 4) is 0 Å². The maximum atomic E-state index is 10.9. The second-order valence-electron chi connectivity index (χ2n) is 6.50. The molecule has 21 heavy (non-hydrogen) atoms. The predicted molar refractivity (Wildman–Crippen MR) is 86.2 cm³/mol. The summed E-state index contributed by atoms with van der Waals surface area (Å²) in [6.45, 7) is 10.3. The Bertz CT molecular complexity index is 505. The van der Waals surface area contributed by atoms with Crippen LogP contribution in [0.3, 0.4) is 0 Å². The van der Waals surface area contributed by atoms with Crippen LogP contribution in [-0.4, -0.2) is 27.9 Å². The lowest BCUT2D eigenvalue weighted by Gasteiger charge is -2.32. The molecule has 114 valence electrons. The zero-order valence-electron chi connectivity index (χ0n) is 13.5. The minimum Gasteiger partial charge on any atom is -0.399 e. The zero-order chi connectivity index (χ0) is 15.7. The number of rotatable bonds is 5. The van der Waals surface area contributed by atoms with Crippen LogP contribution in [0.4, 0.5) is 0 Å². The van der Waals surface area contributed by atoms with Crippen LogP contribution in [0, 0.1) is 0 Å². The van der Waals surface area contributed by atoms with Crippen molar-refractivity contribution in [3.63, 3.8) is 0 Å². The van der Waals surface area contributed by atoms with Crippen molar-refractivity contribution < 1.29 is 13.8 Å². The smallest absolute Gasteiger partial charge is 0.399 e. The average molecular weight is 305 g/mol. The molecule has 4 nitrogen and oxygen atoms in total. The minimum atomic E-state index is -0.961. The molecule has 1 fully saturated rings. The molecular formula is C15H24BNO3Si. The van der Waals surface area contributed by atoms with Crippen LogP contribution in [-0.2, 0) is 13.8 Å². The number of hydrogen-bond acceptors (Lipinski definition) is 3. The molecule has 0 amide bonds. The van der Waals surface area contributed by atoms with Gasteiger partial charge >= 0.3 is 16.7 Å². The molecule has 6 heteroatoms. The maximum absolute atomic E-state index is 10.9. The van der Waals surface area contributed by atoms with Crippen LogP contribution in [0.2, 0.25) is 0 Å². The predicted octanol–water partition coefficient (Wildman–Crippen LogP) is 1.72. The van der Waals surface area contributed by atoms with Crippen molar-refractivity contribution in [1.29, 1.82) is 0 Å². The summed E-state index contributed by atoms with van der Waals surface area (Å²) in [7, 11) is -1.32. The first-order valence-corrected chi connectivity index (χ1v) is 8.51. The lowest BCUT2D eigenvalue weighted by atomic mass is 9.78. The first kappa shape index (κ1) is 16.4. The Morgan fingerprint density at radius 1 is 1.24 bits per heavy atom. The van der Waals surface area contributed by atoms with E-state index in [-0.39, 0.29) is 24.4 Å². The van der Waals surface area contributed by atoms with E-state index in [4.69, 9.17) is 9.31 Å². The van der Waals surface area contributed by atoms with Gasteiger partial charge in [-0.05, 0) is 45.1 Å². The fraction of sp³-hybridized carbons (Fsp3) is 0.600. The molecule has 1 heterocycles. The van der Waals surface area contributed by atoms with Gasteiger partial charge in [-0.3, -0.25) is 0 Å². The highest BCUT2D eigenvalue weighted by molar-refractivity contribution is 6.62. The highest BCUT2D eigenvalue weighted by atomic mass is 28.2. The van der Waals surface area contributed by atoms with Gasteiger partial charge < -0.3 is 18.8 Å². The van der Waals surface area contributed by atoms with Crippen LogP contribution < -0.4 is 10.4 Å². The Balaban J connectivity index is 2.25. The molecule has 0 aromatic heterocycles. The number of nitrogens with one attached hydrogen (secondary N) is 1. The molecule has 0 saturated carbocycles. The average Bonchev–Trinajstić information content (AvgIpc) is 2.65. The van der Waals surface area contributed by atoms with Gasteiger partial charge in [0.1, 0.15) is 0 Å². The molecule has 1 aromatic rings. The summed E-state index contributed by atoms with van der Waals surface area (Å²) in [5.41, 5.74) is 1.45. The van der Waals surface area contributed by atoms with Gasteiger partial charge in [-0.25, -0.2) is 0 Å². The summed E-state index contributed by atoms with van der Waals surface area (Å²) in [6.07, 6.45) is 0.891. The van der Waals surface area contributed by atoms with Gasteiger partial charge in [-0.2, -0.15) is 0 Å². The SMILES string of the molecule is CC[C@@H](N[SiH]=O)c1cccc(B2OC(C)(C)C(C)(C)O2)c1. The lowest BCUT2D eigenvalue weighted by Crippen LogP contribution is -2.41. The monoisotopic (exact) mass is 305 g/mol. The second kappa shape index (κ2) is 6.03. The number of hydrogen-bond donors (Lipinski definition) is 1. The third-order valence-electron chi connectivity index (χ3n) is 4.52. The highest BCUT2D eigenvalue weighted by Gasteiger charge is 2.51. The Morgan fingerprint density at radius 3 is 2.38 bits per heavy atom. The number of benzene rings is 1. The van der Waals surface area contributed by atoms with Crippen molar-refractivity contribution in [3.05, 3.63) is 29.8 Å². The van der Waals surface area contributed by atoms with E-state index < -0.39 is 9.57 Å². The minimum absolute atomic E-state index is 0.111. The molecule has 0 radical (unpaired) electrons. The Labute approximate surface area is 129 Å². The second-order valence-corrected chi connectivity index (χ2v) is 7.07. The van der Waals surface area contributed by atoms with Crippen molar-refractivity contribution in [1.82, 2.24) is 4.98 Å². The first-order chi connectivity index (χ1) is 9.80. The standard InChI is InChI=1S/C15H24BNO3Si/c1-6-13(17-21-18)11-8-7-9-12(10-11)16-19-14(2,3)15(4,5)20-16/h7-10,13,17,21H,6H2,1-5H3/t13-/m1/s1. The zero-order valence-corrected chi connectivity index (χ0v) is 14.6. The molecule has 1 aliphatic rings. The molecule has 0 aliphatic carbocycles. The first-order valence-electron chi connectivity index (χ1n) is 7.46.